The van der Waals surface area contributed by atoms with Gasteiger partial charge in [-0.15, -0.1) is 0 Å². The number of carbonyl (C=O) groups is 2. The summed E-state index contributed by atoms with van der Waals surface area (Å²) in [5.41, 5.74) is 2.63. The lowest BCUT2D eigenvalue weighted by atomic mass is 10.2. The molecule has 0 saturated carbocycles. The van der Waals surface area contributed by atoms with Gasteiger partial charge in [-0.2, -0.15) is 0 Å². The summed E-state index contributed by atoms with van der Waals surface area (Å²) in [6, 6.07) is 1.86. The van der Waals surface area contributed by atoms with Crippen molar-refractivity contribution >= 4 is 11.9 Å². The molecule has 1 aromatic rings. The number of hydrogen-bond acceptors (Lipinski definition) is 2. The average Bonchev–Trinajstić information content (AvgIpc) is 2.83. The quantitative estimate of drug-likeness (QED) is 0.886. The molecule has 0 aromatic carbocycles. The molecule has 0 radical (unpaired) electrons. The van der Waals surface area contributed by atoms with Gasteiger partial charge in [-0.3, -0.25) is 4.79 Å². The summed E-state index contributed by atoms with van der Waals surface area (Å²) < 4.78 is 0. The molecule has 0 bridgehead atoms. The molecule has 0 atom stereocenters. The van der Waals surface area contributed by atoms with Crippen molar-refractivity contribution in [3.8, 4) is 0 Å². The minimum absolute atomic E-state index is 0.0300. The van der Waals surface area contributed by atoms with E-state index in [1.165, 1.54) is 0 Å². The minimum Gasteiger partial charge on any atom is -0.362 e. The van der Waals surface area contributed by atoms with E-state index in [0.717, 1.165) is 23.4 Å². The third-order valence-corrected chi connectivity index (χ3v) is 3.76. The summed E-state index contributed by atoms with van der Waals surface area (Å²) in [6.45, 7) is 8.92. The van der Waals surface area contributed by atoms with E-state index in [0.29, 0.717) is 32.7 Å². The zero-order valence-electron chi connectivity index (χ0n) is 13.0. The Balaban J connectivity index is 1.90. The third kappa shape index (κ3) is 3.56. The molecule has 1 fully saturated rings. The lowest BCUT2D eigenvalue weighted by Crippen LogP contribution is -2.53. The van der Waals surface area contributed by atoms with Crippen LogP contribution in [0.15, 0.2) is 6.07 Å². The monoisotopic (exact) mass is 292 g/mol. The number of aromatic nitrogens is 1. The molecule has 1 saturated heterocycles. The number of nitrogens with zero attached hydrogens (tertiary/aromatic N) is 2. The van der Waals surface area contributed by atoms with Crippen LogP contribution in [0.25, 0.3) is 0 Å². The Morgan fingerprint density at radius 3 is 2.33 bits per heavy atom. The van der Waals surface area contributed by atoms with Crippen LogP contribution < -0.4 is 5.32 Å². The fraction of sp³-hybridized carbons (Fsp3) is 0.600. The van der Waals surface area contributed by atoms with Gasteiger partial charge in [0.2, 0.25) is 0 Å². The number of amides is 3. The Labute approximate surface area is 125 Å². The highest BCUT2D eigenvalue weighted by Crippen LogP contribution is 2.14. The molecule has 0 unspecified atom stereocenters. The van der Waals surface area contributed by atoms with Gasteiger partial charge in [0.25, 0.3) is 5.91 Å². The van der Waals surface area contributed by atoms with Crippen molar-refractivity contribution in [2.45, 2.75) is 27.2 Å². The van der Waals surface area contributed by atoms with E-state index >= 15 is 0 Å². The molecule has 6 nitrogen and oxygen atoms in total. The second-order valence-electron chi connectivity index (χ2n) is 5.50. The molecule has 3 amide bonds. The third-order valence-electron chi connectivity index (χ3n) is 3.76. The number of carbonyl (C=O) groups excluding carboxylic acids is 2. The standard InChI is InChI=1S/C15H24N4O2/c1-4-5-16-15(21)19-8-6-18(7-9-19)14(20)13-10-11(2)17-12(13)3/h10,17H,4-9H2,1-3H3,(H,16,21). The fourth-order valence-corrected chi connectivity index (χ4v) is 2.57. The predicted octanol–water partition coefficient (Wildman–Crippen LogP) is 1.51. The van der Waals surface area contributed by atoms with E-state index in [1.54, 1.807) is 4.90 Å². The van der Waals surface area contributed by atoms with Crippen LogP contribution in [0.5, 0.6) is 0 Å². The van der Waals surface area contributed by atoms with Gasteiger partial charge in [0, 0.05) is 44.1 Å². The van der Waals surface area contributed by atoms with Crippen molar-refractivity contribution in [1.29, 1.82) is 0 Å². The predicted molar refractivity (Wildman–Crippen MR) is 81.4 cm³/mol. The summed E-state index contributed by atoms with van der Waals surface area (Å²) in [7, 11) is 0. The maximum absolute atomic E-state index is 12.5. The number of piperazine rings is 1. The van der Waals surface area contributed by atoms with E-state index in [2.05, 4.69) is 10.3 Å². The molecule has 6 heteroatoms. The van der Waals surface area contributed by atoms with Crippen molar-refractivity contribution in [2.24, 2.45) is 0 Å². The van der Waals surface area contributed by atoms with Crippen LogP contribution in [0.1, 0.15) is 35.1 Å². The van der Waals surface area contributed by atoms with Crippen LogP contribution in [0.2, 0.25) is 0 Å². The molecular weight excluding hydrogens is 268 g/mol. The SMILES string of the molecule is CCCNC(=O)N1CCN(C(=O)c2cc(C)[nH]c2C)CC1. The zero-order chi connectivity index (χ0) is 15.4. The van der Waals surface area contributed by atoms with E-state index in [9.17, 15) is 9.59 Å². The fourth-order valence-electron chi connectivity index (χ4n) is 2.57. The molecule has 1 aliphatic heterocycles. The highest BCUT2D eigenvalue weighted by Gasteiger charge is 2.25. The summed E-state index contributed by atoms with van der Waals surface area (Å²) in [5.74, 6) is 0.0467. The van der Waals surface area contributed by atoms with Gasteiger partial charge in [0.05, 0.1) is 5.56 Å². The molecule has 0 aliphatic carbocycles. The first kappa shape index (κ1) is 15.4. The lowest BCUT2D eigenvalue weighted by molar-refractivity contribution is 0.0664. The largest absolute Gasteiger partial charge is 0.362 e. The maximum atomic E-state index is 12.5. The number of hydrogen-bond donors (Lipinski definition) is 2. The molecule has 21 heavy (non-hydrogen) atoms. The number of urea groups is 1. The van der Waals surface area contributed by atoms with Crippen molar-refractivity contribution in [3.63, 3.8) is 0 Å². The highest BCUT2D eigenvalue weighted by molar-refractivity contribution is 5.95. The molecule has 1 aromatic heterocycles. The minimum atomic E-state index is -0.0300. The molecular formula is C15H24N4O2. The van der Waals surface area contributed by atoms with Gasteiger partial charge in [-0.25, -0.2) is 4.79 Å². The highest BCUT2D eigenvalue weighted by atomic mass is 16.2. The molecule has 116 valence electrons. The second-order valence-corrected chi connectivity index (χ2v) is 5.50. The van der Waals surface area contributed by atoms with Gasteiger partial charge >= 0.3 is 6.03 Å². The van der Waals surface area contributed by atoms with E-state index < -0.39 is 0 Å². The number of nitrogens with one attached hydrogen (secondary N) is 2. The Hall–Kier alpha value is -1.98. The molecule has 2 rings (SSSR count). The Morgan fingerprint density at radius 1 is 1.19 bits per heavy atom. The van der Waals surface area contributed by atoms with Gasteiger partial charge in [0.1, 0.15) is 0 Å². The summed E-state index contributed by atoms with van der Waals surface area (Å²) in [4.78, 5) is 31.1. The van der Waals surface area contributed by atoms with Crippen molar-refractivity contribution in [3.05, 3.63) is 23.0 Å². The molecule has 1 aliphatic rings. The Bertz CT molecular complexity index is 516. The van der Waals surface area contributed by atoms with Crippen LogP contribution in [0.3, 0.4) is 0 Å². The Morgan fingerprint density at radius 2 is 1.81 bits per heavy atom. The maximum Gasteiger partial charge on any atom is 0.317 e. The molecule has 2 heterocycles. The van der Waals surface area contributed by atoms with Crippen molar-refractivity contribution < 1.29 is 9.59 Å². The first-order valence-corrected chi connectivity index (χ1v) is 7.51. The van der Waals surface area contributed by atoms with E-state index in [1.807, 2.05) is 31.7 Å². The smallest absolute Gasteiger partial charge is 0.317 e. The van der Waals surface area contributed by atoms with Crippen molar-refractivity contribution in [2.75, 3.05) is 32.7 Å². The summed E-state index contributed by atoms with van der Waals surface area (Å²) in [5, 5.41) is 2.87. The first-order chi connectivity index (χ1) is 10.0. The zero-order valence-corrected chi connectivity index (χ0v) is 13.0. The van der Waals surface area contributed by atoms with E-state index in [-0.39, 0.29) is 11.9 Å². The van der Waals surface area contributed by atoms with Gasteiger partial charge in [-0.1, -0.05) is 6.92 Å². The number of aryl methyl sites for hydroxylation is 2. The lowest BCUT2D eigenvalue weighted by Gasteiger charge is -2.34. The topological polar surface area (TPSA) is 68.4 Å². The summed E-state index contributed by atoms with van der Waals surface area (Å²) >= 11 is 0. The normalized spacial score (nSPS) is 15.2. The van der Waals surface area contributed by atoms with Crippen LogP contribution in [-0.2, 0) is 0 Å². The first-order valence-electron chi connectivity index (χ1n) is 7.51. The van der Waals surface area contributed by atoms with Crippen LogP contribution >= 0.6 is 0 Å². The van der Waals surface area contributed by atoms with Crippen LogP contribution in [0.4, 0.5) is 4.79 Å². The Kier molecular flexibility index (Phi) is 4.88. The van der Waals surface area contributed by atoms with Crippen molar-refractivity contribution in [1.82, 2.24) is 20.1 Å². The molecule has 0 spiro atoms. The average molecular weight is 292 g/mol. The van der Waals surface area contributed by atoms with Crippen LogP contribution in [0, 0.1) is 13.8 Å². The van der Waals surface area contributed by atoms with Gasteiger partial charge in [-0.05, 0) is 26.3 Å². The van der Waals surface area contributed by atoms with Crippen LogP contribution in [-0.4, -0.2) is 59.4 Å². The second kappa shape index (κ2) is 6.65. The summed E-state index contributed by atoms with van der Waals surface area (Å²) in [6.07, 6.45) is 0.927. The molecule has 2 N–H and O–H groups in total. The number of rotatable bonds is 3. The van der Waals surface area contributed by atoms with Gasteiger partial charge < -0.3 is 20.1 Å². The van der Waals surface area contributed by atoms with Gasteiger partial charge in [0.15, 0.2) is 0 Å². The number of H-pyrrole nitrogens is 1. The van der Waals surface area contributed by atoms with E-state index in [4.69, 9.17) is 0 Å². The number of aromatic amines is 1.